The summed E-state index contributed by atoms with van der Waals surface area (Å²) in [5.41, 5.74) is 5.30. The minimum Gasteiger partial charge on any atom is -0.380 e. The smallest absolute Gasteiger partial charge is 0.0590 e. The highest BCUT2D eigenvalue weighted by atomic mass is 16.5. The first-order valence-electron chi connectivity index (χ1n) is 3.84. The largest absolute Gasteiger partial charge is 0.380 e. The zero-order valence-corrected chi connectivity index (χ0v) is 6.73. The van der Waals surface area contributed by atoms with Gasteiger partial charge in [0.15, 0.2) is 0 Å². The lowest BCUT2D eigenvalue weighted by atomic mass is 10.3. The predicted octanol–water partition coefficient (Wildman–Crippen LogP) is -0.0387. The van der Waals surface area contributed by atoms with E-state index in [1.807, 2.05) is 7.05 Å². The molecule has 0 rings (SSSR count). The zero-order valence-electron chi connectivity index (χ0n) is 6.73. The van der Waals surface area contributed by atoms with Crippen molar-refractivity contribution < 1.29 is 4.74 Å². The van der Waals surface area contributed by atoms with Gasteiger partial charge in [-0.15, -0.1) is 0 Å². The highest BCUT2D eigenvalue weighted by molar-refractivity contribution is 4.40. The van der Waals surface area contributed by atoms with Gasteiger partial charge in [0.25, 0.3) is 0 Å². The second-order valence-corrected chi connectivity index (χ2v) is 2.21. The summed E-state index contributed by atoms with van der Waals surface area (Å²) < 4.78 is 5.26. The molecule has 0 aromatic rings. The van der Waals surface area contributed by atoms with Gasteiger partial charge in [-0.2, -0.15) is 0 Å². The van der Waals surface area contributed by atoms with Crippen molar-refractivity contribution in [1.29, 1.82) is 0 Å². The maximum Gasteiger partial charge on any atom is 0.0590 e. The Labute approximate surface area is 62.9 Å². The number of nitrogens with two attached hydrogens (primary N) is 1. The van der Waals surface area contributed by atoms with Crippen molar-refractivity contribution in [2.24, 2.45) is 5.73 Å². The van der Waals surface area contributed by atoms with Gasteiger partial charge in [0.1, 0.15) is 0 Å². The second kappa shape index (κ2) is 8.88. The monoisotopic (exact) mass is 146 g/mol. The van der Waals surface area contributed by atoms with Crippen molar-refractivity contribution in [2.45, 2.75) is 12.8 Å². The third-order valence-electron chi connectivity index (χ3n) is 1.24. The van der Waals surface area contributed by atoms with E-state index in [4.69, 9.17) is 10.5 Å². The fourth-order valence-electron chi connectivity index (χ4n) is 0.625. The highest BCUT2D eigenvalue weighted by Gasteiger charge is 1.86. The molecule has 0 amide bonds. The minimum absolute atomic E-state index is 0.773. The first kappa shape index (κ1) is 9.88. The number of likely N-dealkylation sites (N-methyl/N-ethyl adjacent to an activating group) is 1. The molecule has 0 saturated carbocycles. The van der Waals surface area contributed by atoms with Crippen LogP contribution < -0.4 is 11.1 Å². The molecule has 62 valence electrons. The van der Waals surface area contributed by atoms with E-state index in [0.29, 0.717) is 0 Å². The number of unbranched alkanes of at least 4 members (excludes halogenated alkanes) is 1. The summed E-state index contributed by atoms with van der Waals surface area (Å²) in [6.45, 7) is 3.36. The van der Waals surface area contributed by atoms with Gasteiger partial charge in [0.05, 0.1) is 6.61 Å². The molecule has 10 heavy (non-hydrogen) atoms. The molecule has 0 atom stereocenters. The van der Waals surface area contributed by atoms with E-state index in [1.165, 1.54) is 0 Å². The van der Waals surface area contributed by atoms with Crippen LogP contribution in [0.3, 0.4) is 0 Å². The summed E-state index contributed by atoms with van der Waals surface area (Å²) in [5, 5.41) is 3.01. The van der Waals surface area contributed by atoms with Crippen LogP contribution in [0.5, 0.6) is 0 Å². The van der Waals surface area contributed by atoms with Crippen molar-refractivity contribution in [1.82, 2.24) is 5.32 Å². The average Bonchev–Trinajstić information content (AvgIpc) is 1.97. The average molecular weight is 146 g/mol. The molecule has 3 heteroatoms. The van der Waals surface area contributed by atoms with E-state index in [2.05, 4.69) is 5.32 Å². The molecule has 0 heterocycles. The van der Waals surface area contributed by atoms with Gasteiger partial charge in [-0.3, -0.25) is 0 Å². The molecule has 0 radical (unpaired) electrons. The predicted molar refractivity (Wildman–Crippen MR) is 43.0 cm³/mol. The van der Waals surface area contributed by atoms with Crippen LogP contribution in [0.25, 0.3) is 0 Å². The Morgan fingerprint density at radius 2 is 2.10 bits per heavy atom. The van der Waals surface area contributed by atoms with Crippen LogP contribution in [-0.2, 0) is 4.74 Å². The van der Waals surface area contributed by atoms with Crippen LogP contribution in [0.1, 0.15) is 12.8 Å². The van der Waals surface area contributed by atoms with Crippen molar-refractivity contribution in [3.63, 3.8) is 0 Å². The molecule has 0 saturated heterocycles. The second-order valence-electron chi connectivity index (χ2n) is 2.21. The van der Waals surface area contributed by atoms with Gasteiger partial charge < -0.3 is 15.8 Å². The highest BCUT2D eigenvalue weighted by Crippen LogP contribution is 1.85. The van der Waals surface area contributed by atoms with E-state index < -0.39 is 0 Å². The van der Waals surface area contributed by atoms with E-state index in [0.717, 1.165) is 39.1 Å². The number of hydrogen-bond acceptors (Lipinski definition) is 3. The molecular formula is C7H18N2O. The van der Waals surface area contributed by atoms with Gasteiger partial charge in [-0.25, -0.2) is 0 Å². The maximum absolute atomic E-state index is 5.30. The van der Waals surface area contributed by atoms with Crippen LogP contribution in [0.4, 0.5) is 0 Å². The third kappa shape index (κ3) is 7.88. The van der Waals surface area contributed by atoms with Crippen LogP contribution in [0, 0.1) is 0 Å². The normalized spacial score (nSPS) is 10.2. The molecule has 0 aliphatic carbocycles. The lowest BCUT2D eigenvalue weighted by molar-refractivity contribution is 0.134. The number of ether oxygens (including phenoxy) is 1. The molecule has 0 aromatic heterocycles. The topological polar surface area (TPSA) is 47.3 Å². The molecule has 0 aromatic carbocycles. The summed E-state index contributed by atoms with van der Waals surface area (Å²) in [6, 6.07) is 0. The maximum atomic E-state index is 5.30. The standard InChI is InChI=1S/C7H18N2O/c1-9-5-7-10-6-3-2-4-8/h9H,2-8H2,1H3. The SMILES string of the molecule is CNCCOCCCCN. The lowest BCUT2D eigenvalue weighted by Crippen LogP contribution is -2.14. The number of hydrogen-bond donors (Lipinski definition) is 2. The first-order chi connectivity index (χ1) is 4.91. The number of nitrogens with one attached hydrogen (secondary N) is 1. The van der Waals surface area contributed by atoms with Gasteiger partial charge >= 0.3 is 0 Å². The Morgan fingerprint density at radius 1 is 1.30 bits per heavy atom. The van der Waals surface area contributed by atoms with Gasteiger partial charge in [0, 0.05) is 13.2 Å². The summed E-state index contributed by atoms with van der Waals surface area (Å²) in [5.74, 6) is 0. The Hall–Kier alpha value is -0.120. The third-order valence-corrected chi connectivity index (χ3v) is 1.24. The molecule has 0 unspecified atom stereocenters. The van der Waals surface area contributed by atoms with E-state index >= 15 is 0 Å². The summed E-state index contributed by atoms with van der Waals surface area (Å²) in [7, 11) is 1.92. The molecule has 0 fully saturated rings. The molecule has 3 N–H and O–H groups in total. The summed E-state index contributed by atoms with van der Waals surface area (Å²) >= 11 is 0. The zero-order chi connectivity index (χ0) is 7.66. The fourth-order valence-corrected chi connectivity index (χ4v) is 0.625. The summed E-state index contributed by atoms with van der Waals surface area (Å²) in [6.07, 6.45) is 2.15. The minimum atomic E-state index is 0.773. The number of rotatable bonds is 7. The molecule has 0 aliphatic heterocycles. The molecule has 0 bridgehead atoms. The van der Waals surface area contributed by atoms with Crippen LogP contribution in [0.2, 0.25) is 0 Å². The van der Waals surface area contributed by atoms with Gasteiger partial charge in [-0.05, 0) is 26.4 Å². The van der Waals surface area contributed by atoms with Crippen LogP contribution in [-0.4, -0.2) is 33.4 Å². The first-order valence-corrected chi connectivity index (χ1v) is 3.84. The fraction of sp³-hybridized carbons (Fsp3) is 1.00. The molecule has 3 nitrogen and oxygen atoms in total. The Kier molecular flexibility index (Phi) is 8.77. The molecule has 0 aliphatic rings. The molecule has 0 spiro atoms. The van der Waals surface area contributed by atoms with Gasteiger partial charge in [0.2, 0.25) is 0 Å². The molecular weight excluding hydrogens is 128 g/mol. The quantitative estimate of drug-likeness (QED) is 0.495. The van der Waals surface area contributed by atoms with Crippen molar-refractivity contribution in [3.05, 3.63) is 0 Å². The Morgan fingerprint density at radius 3 is 2.70 bits per heavy atom. The lowest BCUT2D eigenvalue weighted by Gasteiger charge is -2.01. The van der Waals surface area contributed by atoms with Crippen LogP contribution in [0.15, 0.2) is 0 Å². The van der Waals surface area contributed by atoms with Gasteiger partial charge in [-0.1, -0.05) is 0 Å². The van der Waals surface area contributed by atoms with E-state index in [-0.39, 0.29) is 0 Å². The Bertz CT molecular complexity index is 51.6. The van der Waals surface area contributed by atoms with Crippen LogP contribution >= 0.6 is 0 Å². The van der Waals surface area contributed by atoms with E-state index in [9.17, 15) is 0 Å². The van der Waals surface area contributed by atoms with Crippen molar-refractivity contribution >= 4 is 0 Å². The Balaban J connectivity index is 2.65. The summed E-state index contributed by atoms with van der Waals surface area (Å²) in [4.78, 5) is 0. The van der Waals surface area contributed by atoms with E-state index in [1.54, 1.807) is 0 Å². The van der Waals surface area contributed by atoms with Crippen molar-refractivity contribution in [3.8, 4) is 0 Å². The van der Waals surface area contributed by atoms with Crippen molar-refractivity contribution in [2.75, 3.05) is 33.4 Å².